The molecule has 0 atom stereocenters. The zero-order valence-corrected chi connectivity index (χ0v) is 12.4. The van der Waals surface area contributed by atoms with E-state index in [0.29, 0.717) is 25.2 Å². The van der Waals surface area contributed by atoms with Crippen LogP contribution in [0.5, 0.6) is 0 Å². The highest BCUT2D eigenvalue weighted by Crippen LogP contribution is 2.09. The first-order valence-corrected chi connectivity index (χ1v) is 8.35. The Hall–Kier alpha value is -1.60. The van der Waals surface area contributed by atoms with Crippen LogP contribution in [0.3, 0.4) is 0 Å². The van der Waals surface area contributed by atoms with Gasteiger partial charge in [0.2, 0.25) is 5.91 Å². The maximum absolute atomic E-state index is 11.1. The zero-order chi connectivity index (χ0) is 15.2. The number of hydrogen-bond acceptors (Lipinski definition) is 5. The summed E-state index contributed by atoms with van der Waals surface area (Å²) in [5.74, 6) is -0.330. The van der Waals surface area contributed by atoms with Gasteiger partial charge in [-0.05, 0) is 30.7 Å². The van der Waals surface area contributed by atoms with Crippen molar-refractivity contribution in [1.29, 1.82) is 0 Å². The second kappa shape index (κ2) is 7.25. The fourth-order valence-corrected chi connectivity index (χ4v) is 2.52. The van der Waals surface area contributed by atoms with Gasteiger partial charge in [-0.1, -0.05) is 12.1 Å². The minimum Gasteiger partial charge on any atom is -0.399 e. The Morgan fingerprint density at radius 1 is 1.25 bits per heavy atom. The number of hydrogen-bond donors (Lipinski definition) is 2. The van der Waals surface area contributed by atoms with Crippen LogP contribution in [0.4, 0.5) is 5.69 Å². The van der Waals surface area contributed by atoms with E-state index in [1.165, 1.54) is 6.26 Å². The van der Waals surface area contributed by atoms with E-state index in [1.807, 2.05) is 17.0 Å². The standard InChI is InChI=1S/C13H21N3O3S/c1-20(18,19)8-2-7-16(10-13(15)17)9-11-3-5-12(14)6-4-11/h3-6H,2,7-10,14H2,1H3,(H2,15,17). The van der Waals surface area contributed by atoms with Crippen molar-refractivity contribution in [3.63, 3.8) is 0 Å². The van der Waals surface area contributed by atoms with E-state index in [1.54, 1.807) is 12.1 Å². The summed E-state index contributed by atoms with van der Waals surface area (Å²) in [6.07, 6.45) is 1.67. The van der Waals surface area contributed by atoms with E-state index >= 15 is 0 Å². The number of amides is 1. The molecule has 20 heavy (non-hydrogen) atoms. The largest absolute Gasteiger partial charge is 0.399 e. The summed E-state index contributed by atoms with van der Waals surface area (Å²) < 4.78 is 22.2. The summed E-state index contributed by atoms with van der Waals surface area (Å²) in [5, 5.41) is 0. The van der Waals surface area contributed by atoms with E-state index < -0.39 is 15.7 Å². The van der Waals surface area contributed by atoms with Crippen molar-refractivity contribution in [1.82, 2.24) is 4.90 Å². The van der Waals surface area contributed by atoms with Crippen molar-refractivity contribution < 1.29 is 13.2 Å². The van der Waals surface area contributed by atoms with Crippen molar-refractivity contribution in [2.45, 2.75) is 13.0 Å². The predicted octanol–water partition coefficient (Wildman–Crippen LogP) is -0.00920. The minimum atomic E-state index is -2.99. The van der Waals surface area contributed by atoms with Gasteiger partial charge in [-0.15, -0.1) is 0 Å². The van der Waals surface area contributed by atoms with E-state index in [-0.39, 0.29) is 12.3 Å². The maximum Gasteiger partial charge on any atom is 0.231 e. The Labute approximate surface area is 119 Å². The summed E-state index contributed by atoms with van der Waals surface area (Å²) >= 11 is 0. The molecule has 0 unspecified atom stereocenters. The van der Waals surface area contributed by atoms with Crippen LogP contribution in [0, 0.1) is 0 Å². The summed E-state index contributed by atoms with van der Waals surface area (Å²) in [4.78, 5) is 12.9. The van der Waals surface area contributed by atoms with Crippen molar-refractivity contribution >= 4 is 21.4 Å². The van der Waals surface area contributed by atoms with Gasteiger partial charge >= 0.3 is 0 Å². The van der Waals surface area contributed by atoms with Gasteiger partial charge in [0.1, 0.15) is 9.84 Å². The number of nitrogen functional groups attached to an aromatic ring is 1. The van der Waals surface area contributed by atoms with Crippen LogP contribution in [0.1, 0.15) is 12.0 Å². The zero-order valence-electron chi connectivity index (χ0n) is 11.6. The molecule has 7 heteroatoms. The Kier molecular flexibility index (Phi) is 5.97. The third kappa shape index (κ3) is 7.10. The average Bonchev–Trinajstić information content (AvgIpc) is 2.29. The van der Waals surface area contributed by atoms with Crippen LogP contribution in [-0.4, -0.2) is 44.3 Å². The first kappa shape index (κ1) is 16.5. The lowest BCUT2D eigenvalue weighted by atomic mass is 10.2. The number of nitrogens with zero attached hydrogens (tertiary/aromatic N) is 1. The molecular formula is C13H21N3O3S. The number of nitrogens with two attached hydrogens (primary N) is 2. The number of primary amides is 1. The molecule has 0 saturated carbocycles. The molecule has 0 fully saturated rings. The lowest BCUT2D eigenvalue weighted by molar-refractivity contribution is -0.119. The van der Waals surface area contributed by atoms with Crippen molar-refractivity contribution in [3.8, 4) is 0 Å². The van der Waals surface area contributed by atoms with Gasteiger partial charge in [-0.2, -0.15) is 0 Å². The molecule has 0 heterocycles. The highest BCUT2D eigenvalue weighted by atomic mass is 32.2. The van der Waals surface area contributed by atoms with Gasteiger partial charge in [-0.3, -0.25) is 9.69 Å². The molecule has 0 spiro atoms. The third-order valence-corrected chi connectivity index (χ3v) is 3.79. The summed E-state index contributed by atoms with van der Waals surface area (Å²) in [6, 6.07) is 7.32. The van der Waals surface area contributed by atoms with Gasteiger partial charge in [0.25, 0.3) is 0 Å². The normalized spacial score (nSPS) is 11.7. The Balaban J connectivity index is 2.59. The van der Waals surface area contributed by atoms with Crippen LogP contribution in [0.25, 0.3) is 0 Å². The van der Waals surface area contributed by atoms with E-state index in [9.17, 15) is 13.2 Å². The van der Waals surface area contributed by atoms with Gasteiger partial charge in [-0.25, -0.2) is 8.42 Å². The molecule has 1 aromatic rings. The van der Waals surface area contributed by atoms with E-state index in [4.69, 9.17) is 11.5 Å². The fraction of sp³-hybridized carbons (Fsp3) is 0.462. The molecule has 0 aliphatic rings. The van der Waals surface area contributed by atoms with Gasteiger partial charge in [0.15, 0.2) is 0 Å². The number of sulfone groups is 1. The SMILES string of the molecule is CS(=O)(=O)CCCN(CC(N)=O)Cc1ccc(N)cc1. The molecule has 0 aromatic heterocycles. The van der Waals surface area contributed by atoms with E-state index in [2.05, 4.69) is 0 Å². The lowest BCUT2D eigenvalue weighted by Crippen LogP contribution is -2.34. The number of benzene rings is 1. The fourth-order valence-electron chi connectivity index (χ4n) is 1.87. The lowest BCUT2D eigenvalue weighted by Gasteiger charge is -2.20. The molecule has 1 aromatic carbocycles. The topological polar surface area (TPSA) is 106 Å². The van der Waals surface area contributed by atoms with Crippen molar-refractivity contribution in [2.24, 2.45) is 5.73 Å². The number of carbonyl (C=O) groups excluding carboxylic acids is 1. The molecule has 4 N–H and O–H groups in total. The van der Waals surface area contributed by atoms with Gasteiger partial charge in [0, 0.05) is 18.5 Å². The Morgan fingerprint density at radius 3 is 2.35 bits per heavy atom. The maximum atomic E-state index is 11.1. The minimum absolute atomic E-state index is 0.101. The number of carbonyl (C=O) groups is 1. The number of rotatable bonds is 8. The van der Waals surface area contributed by atoms with Crippen LogP contribution in [-0.2, 0) is 21.2 Å². The molecular weight excluding hydrogens is 278 g/mol. The highest BCUT2D eigenvalue weighted by Gasteiger charge is 2.11. The van der Waals surface area contributed by atoms with Crippen LogP contribution in [0.15, 0.2) is 24.3 Å². The molecule has 112 valence electrons. The molecule has 6 nitrogen and oxygen atoms in total. The third-order valence-electron chi connectivity index (χ3n) is 2.75. The molecule has 1 rings (SSSR count). The summed E-state index contributed by atoms with van der Waals surface area (Å²) in [5.41, 5.74) is 12.5. The van der Waals surface area contributed by atoms with Gasteiger partial charge in [0.05, 0.1) is 12.3 Å². The summed E-state index contributed by atoms with van der Waals surface area (Å²) in [6.45, 7) is 1.14. The highest BCUT2D eigenvalue weighted by molar-refractivity contribution is 7.90. The van der Waals surface area contributed by atoms with Crippen LogP contribution < -0.4 is 11.5 Å². The van der Waals surface area contributed by atoms with Gasteiger partial charge < -0.3 is 11.5 Å². The van der Waals surface area contributed by atoms with Crippen molar-refractivity contribution in [2.75, 3.05) is 30.8 Å². The summed E-state index contributed by atoms with van der Waals surface area (Å²) in [7, 11) is -2.99. The number of anilines is 1. The van der Waals surface area contributed by atoms with Crippen molar-refractivity contribution in [3.05, 3.63) is 29.8 Å². The first-order chi connectivity index (χ1) is 9.26. The predicted molar refractivity (Wildman–Crippen MR) is 79.7 cm³/mol. The Bertz CT molecular complexity index is 540. The monoisotopic (exact) mass is 299 g/mol. The quantitative estimate of drug-likeness (QED) is 0.657. The molecule has 0 aliphatic heterocycles. The second-order valence-electron chi connectivity index (χ2n) is 4.90. The molecule has 0 saturated heterocycles. The average molecular weight is 299 g/mol. The molecule has 0 radical (unpaired) electrons. The van der Waals surface area contributed by atoms with Crippen LogP contribution in [0.2, 0.25) is 0 Å². The van der Waals surface area contributed by atoms with Crippen LogP contribution >= 0.6 is 0 Å². The second-order valence-corrected chi connectivity index (χ2v) is 7.16. The van der Waals surface area contributed by atoms with E-state index in [0.717, 1.165) is 5.56 Å². The smallest absolute Gasteiger partial charge is 0.231 e. The molecule has 0 bridgehead atoms. The first-order valence-electron chi connectivity index (χ1n) is 6.29. The molecule has 1 amide bonds. The Morgan fingerprint density at radius 2 is 1.85 bits per heavy atom. The molecule has 0 aliphatic carbocycles.